The van der Waals surface area contributed by atoms with Gasteiger partial charge in [-0.05, 0) is 74.9 Å². The summed E-state index contributed by atoms with van der Waals surface area (Å²) in [5, 5.41) is 0. The first kappa shape index (κ1) is 17.2. The quantitative estimate of drug-likeness (QED) is 0.712. The molecule has 4 rings (SSSR count). The van der Waals surface area contributed by atoms with Crippen molar-refractivity contribution in [2.45, 2.75) is 46.6 Å². The Kier molecular flexibility index (Phi) is 4.72. The Bertz CT molecular complexity index is 897. The molecular weight excluding hydrogens is 324 g/mol. The summed E-state index contributed by atoms with van der Waals surface area (Å²) in [6.45, 7) is 9.23. The highest BCUT2D eigenvalue weighted by Crippen LogP contribution is 2.23. The van der Waals surface area contributed by atoms with Gasteiger partial charge in [0.15, 0.2) is 17.1 Å². The van der Waals surface area contributed by atoms with Gasteiger partial charge in [-0.3, -0.25) is 9.88 Å². The van der Waals surface area contributed by atoms with Gasteiger partial charge in [0.25, 0.3) is 0 Å². The Labute approximate surface area is 154 Å². The molecule has 1 atom stereocenters. The smallest absolute Gasteiger partial charge is 0.198 e. The van der Waals surface area contributed by atoms with E-state index in [1.807, 2.05) is 13.1 Å². The fourth-order valence-corrected chi connectivity index (χ4v) is 4.15. The van der Waals surface area contributed by atoms with Gasteiger partial charge >= 0.3 is 0 Å². The molecule has 1 fully saturated rings. The van der Waals surface area contributed by atoms with E-state index < -0.39 is 0 Å². The molecular formula is C21H26N4O. The molecule has 1 saturated heterocycles. The molecule has 0 aliphatic carbocycles. The van der Waals surface area contributed by atoms with Crippen molar-refractivity contribution in [3.63, 3.8) is 0 Å². The highest BCUT2D eigenvalue weighted by molar-refractivity contribution is 5.68. The Hall–Kier alpha value is -2.27. The Morgan fingerprint density at radius 2 is 1.88 bits per heavy atom. The summed E-state index contributed by atoms with van der Waals surface area (Å²) in [5.74, 6) is 1.37. The summed E-state index contributed by atoms with van der Waals surface area (Å²) < 4.78 is 5.62. The third-order valence-corrected chi connectivity index (χ3v) is 5.09. The van der Waals surface area contributed by atoms with Crippen molar-refractivity contribution in [2.24, 2.45) is 5.92 Å². The minimum atomic E-state index is 0.672. The van der Waals surface area contributed by atoms with Crippen LogP contribution in [0, 0.1) is 26.7 Å². The highest BCUT2D eigenvalue weighted by atomic mass is 16.3. The normalized spacial score (nSPS) is 18.5. The van der Waals surface area contributed by atoms with E-state index in [0.717, 1.165) is 43.0 Å². The zero-order chi connectivity index (χ0) is 18.1. The van der Waals surface area contributed by atoms with E-state index in [4.69, 9.17) is 4.42 Å². The molecule has 5 heteroatoms. The molecule has 4 heterocycles. The Morgan fingerprint density at radius 1 is 1.08 bits per heavy atom. The Balaban J connectivity index is 1.42. The average molecular weight is 350 g/mol. The predicted octanol–water partition coefficient (Wildman–Crippen LogP) is 4.00. The number of pyridine rings is 2. The second-order valence-corrected chi connectivity index (χ2v) is 7.60. The van der Waals surface area contributed by atoms with E-state index >= 15 is 0 Å². The molecule has 0 aromatic carbocycles. The SMILES string of the molecule is Cc1cc(C[C@H]2CCCN(Cc3cnc4nc(C)oc4c3)C2)cc(C)n1. The number of oxazole rings is 1. The van der Waals surface area contributed by atoms with E-state index in [0.29, 0.717) is 17.5 Å². The molecule has 0 unspecified atom stereocenters. The molecule has 3 aromatic rings. The summed E-state index contributed by atoms with van der Waals surface area (Å²) in [5.41, 5.74) is 6.35. The van der Waals surface area contributed by atoms with Crippen molar-refractivity contribution in [2.75, 3.05) is 13.1 Å². The molecule has 0 spiro atoms. The van der Waals surface area contributed by atoms with E-state index in [1.54, 1.807) is 0 Å². The molecule has 0 amide bonds. The standard InChI is InChI=1S/C21H26N4O/c1-14-7-18(8-15(2)23-14)9-17-5-4-6-25(12-17)13-19-10-20-21(22-11-19)24-16(3)26-20/h7-8,10-11,17H,4-6,9,12-13H2,1-3H3/t17-/m1/s1. The summed E-state index contributed by atoms with van der Waals surface area (Å²) >= 11 is 0. The van der Waals surface area contributed by atoms with Crippen LogP contribution in [0.5, 0.6) is 0 Å². The predicted molar refractivity (Wildman–Crippen MR) is 102 cm³/mol. The van der Waals surface area contributed by atoms with Crippen molar-refractivity contribution in [3.05, 3.63) is 52.8 Å². The minimum absolute atomic E-state index is 0.672. The van der Waals surface area contributed by atoms with Crippen LogP contribution < -0.4 is 0 Å². The van der Waals surface area contributed by atoms with Gasteiger partial charge in [-0.2, -0.15) is 4.98 Å². The second-order valence-electron chi connectivity index (χ2n) is 7.60. The fourth-order valence-electron chi connectivity index (χ4n) is 4.15. The number of likely N-dealkylation sites (tertiary alicyclic amines) is 1. The fraction of sp³-hybridized carbons (Fsp3) is 0.476. The van der Waals surface area contributed by atoms with Crippen molar-refractivity contribution in [1.29, 1.82) is 0 Å². The van der Waals surface area contributed by atoms with Gasteiger partial charge in [-0.25, -0.2) is 4.98 Å². The molecule has 26 heavy (non-hydrogen) atoms. The van der Waals surface area contributed by atoms with Crippen LogP contribution in [0.15, 0.2) is 28.8 Å². The van der Waals surface area contributed by atoms with E-state index in [2.05, 4.69) is 51.9 Å². The van der Waals surface area contributed by atoms with Crippen molar-refractivity contribution in [1.82, 2.24) is 19.9 Å². The first-order chi connectivity index (χ1) is 12.5. The molecule has 0 radical (unpaired) electrons. The maximum absolute atomic E-state index is 5.62. The zero-order valence-electron chi connectivity index (χ0n) is 15.8. The van der Waals surface area contributed by atoms with Gasteiger partial charge in [0, 0.05) is 37.6 Å². The van der Waals surface area contributed by atoms with Gasteiger partial charge < -0.3 is 4.42 Å². The minimum Gasteiger partial charge on any atom is -0.439 e. The number of fused-ring (bicyclic) bond motifs is 1. The molecule has 3 aromatic heterocycles. The zero-order valence-corrected chi connectivity index (χ0v) is 15.8. The van der Waals surface area contributed by atoms with E-state index in [-0.39, 0.29) is 0 Å². The number of aromatic nitrogens is 3. The van der Waals surface area contributed by atoms with Gasteiger partial charge in [-0.1, -0.05) is 0 Å². The second kappa shape index (κ2) is 7.16. The average Bonchev–Trinajstić information content (AvgIpc) is 2.93. The van der Waals surface area contributed by atoms with Gasteiger partial charge in [-0.15, -0.1) is 0 Å². The van der Waals surface area contributed by atoms with Gasteiger partial charge in [0.05, 0.1) is 0 Å². The lowest BCUT2D eigenvalue weighted by atomic mass is 9.91. The van der Waals surface area contributed by atoms with Gasteiger partial charge in [0.2, 0.25) is 0 Å². The Morgan fingerprint density at radius 3 is 2.69 bits per heavy atom. The van der Waals surface area contributed by atoms with Crippen molar-refractivity contribution < 1.29 is 4.42 Å². The summed E-state index contributed by atoms with van der Waals surface area (Å²) in [6.07, 6.45) is 5.63. The van der Waals surface area contributed by atoms with Gasteiger partial charge in [0.1, 0.15) is 0 Å². The van der Waals surface area contributed by atoms with E-state index in [9.17, 15) is 0 Å². The van der Waals surface area contributed by atoms with Crippen LogP contribution in [0.4, 0.5) is 0 Å². The lowest BCUT2D eigenvalue weighted by Crippen LogP contribution is -2.35. The number of hydrogen-bond acceptors (Lipinski definition) is 5. The van der Waals surface area contributed by atoms with Crippen molar-refractivity contribution in [3.8, 4) is 0 Å². The van der Waals surface area contributed by atoms with Crippen LogP contribution in [-0.2, 0) is 13.0 Å². The lowest BCUT2D eigenvalue weighted by molar-refractivity contribution is 0.167. The topological polar surface area (TPSA) is 55.1 Å². The van der Waals surface area contributed by atoms with Crippen LogP contribution in [-0.4, -0.2) is 32.9 Å². The maximum Gasteiger partial charge on any atom is 0.198 e. The number of piperidine rings is 1. The van der Waals surface area contributed by atoms with Crippen LogP contribution in [0.25, 0.3) is 11.2 Å². The number of hydrogen-bond donors (Lipinski definition) is 0. The molecule has 5 nitrogen and oxygen atoms in total. The number of nitrogens with zero attached hydrogens (tertiary/aromatic N) is 4. The summed E-state index contributed by atoms with van der Waals surface area (Å²) in [4.78, 5) is 15.7. The third kappa shape index (κ3) is 3.93. The van der Waals surface area contributed by atoms with Crippen molar-refractivity contribution >= 4 is 11.2 Å². The summed E-state index contributed by atoms with van der Waals surface area (Å²) in [7, 11) is 0. The number of aryl methyl sites for hydroxylation is 3. The van der Waals surface area contributed by atoms with E-state index in [1.165, 1.54) is 24.0 Å². The summed E-state index contributed by atoms with van der Waals surface area (Å²) in [6, 6.07) is 6.55. The molecule has 1 aliphatic rings. The van der Waals surface area contributed by atoms with Crippen LogP contribution in [0.2, 0.25) is 0 Å². The largest absolute Gasteiger partial charge is 0.439 e. The lowest BCUT2D eigenvalue weighted by Gasteiger charge is -2.32. The molecule has 0 bridgehead atoms. The highest BCUT2D eigenvalue weighted by Gasteiger charge is 2.21. The molecule has 136 valence electrons. The van der Waals surface area contributed by atoms with Crippen LogP contribution >= 0.6 is 0 Å². The monoisotopic (exact) mass is 350 g/mol. The first-order valence-electron chi connectivity index (χ1n) is 9.44. The number of rotatable bonds is 4. The molecule has 1 aliphatic heterocycles. The third-order valence-electron chi connectivity index (χ3n) is 5.09. The van der Waals surface area contributed by atoms with Crippen LogP contribution in [0.3, 0.4) is 0 Å². The first-order valence-corrected chi connectivity index (χ1v) is 9.44. The molecule has 0 N–H and O–H groups in total. The molecule has 0 saturated carbocycles. The maximum atomic E-state index is 5.62. The van der Waals surface area contributed by atoms with Crippen LogP contribution in [0.1, 0.15) is 41.2 Å².